The van der Waals surface area contributed by atoms with Crippen LogP contribution in [0.15, 0.2) is 65.5 Å². The molecule has 9 nitrogen and oxygen atoms in total. The normalized spacial score (nSPS) is 15.2. The zero-order chi connectivity index (χ0) is 35.0. The molecule has 0 spiro atoms. The maximum atomic E-state index is 13.8. The second-order valence-corrected chi connectivity index (χ2v) is 13.0. The van der Waals surface area contributed by atoms with Gasteiger partial charge in [-0.2, -0.15) is 23.7 Å². The summed E-state index contributed by atoms with van der Waals surface area (Å²) in [5.41, 5.74) is 5.31. The lowest BCUT2D eigenvalue weighted by Gasteiger charge is -2.25. The molecule has 1 atom stereocenters. The molecule has 2 heterocycles. The van der Waals surface area contributed by atoms with E-state index in [0.717, 1.165) is 10.8 Å². The number of hydrogen-bond donors (Lipinski definition) is 4. The standard InChI is InChI=1S/C34H33F5N8O/c1-32(2,3)18-44-29-20(14-41)15-43-28-19(13-40)11-21(12-25(28)29)46-30(26(42)16-45-33(8-9-33)34(37,38)39)23-5-4-6-24-22(23)7-10-47(31(24)48)17-27(35)36/h4-7,10-12,15-16,27,30,45-46H,8-9,17-18,42H2,1-3H3,(H,43,44)/b26-16-/t30-/m0/s1. The third-order valence-corrected chi connectivity index (χ3v) is 8.16. The number of fused-ring (bicyclic) bond motifs is 2. The van der Waals surface area contributed by atoms with Crippen LogP contribution in [0.4, 0.5) is 33.3 Å². The van der Waals surface area contributed by atoms with Crippen LogP contribution in [0.2, 0.25) is 0 Å². The number of nitrogens with zero attached hydrogens (tertiary/aromatic N) is 4. The van der Waals surface area contributed by atoms with Gasteiger partial charge in [-0.3, -0.25) is 9.78 Å². The molecule has 1 aliphatic rings. The van der Waals surface area contributed by atoms with E-state index in [1.165, 1.54) is 36.7 Å². The Balaban J connectivity index is 1.67. The van der Waals surface area contributed by atoms with Crippen molar-refractivity contribution >= 4 is 33.1 Å². The SMILES string of the molecule is CC(C)(C)CNc1c(C#N)cnc2c(C#N)cc(N[C@H](/C(N)=C/NC3(C(F)(F)F)CC3)c3cccc4c(=O)n(CC(F)F)ccc34)cc12. The lowest BCUT2D eigenvalue weighted by molar-refractivity contribution is -0.163. The number of pyridine rings is 2. The highest BCUT2D eigenvalue weighted by atomic mass is 19.4. The molecule has 14 heteroatoms. The number of anilines is 2. The molecule has 48 heavy (non-hydrogen) atoms. The van der Waals surface area contributed by atoms with Crippen LogP contribution < -0.4 is 27.2 Å². The first-order chi connectivity index (χ1) is 22.6. The summed E-state index contributed by atoms with van der Waals surface area (Å²) in [5, 5.41) is 29.8. The van der Waals surface area contributed by atoms with Gasteiger partial charge in [0.25, 0.3) is 12.0 Å². The molecule has 0 radical (unpaired) electrons. The highest BCUT2D eigenvalue weighted by Gasteiger charge is 2.63. The van der Waals surface area contributed by atoms with Gasteiger partial charge in [-0.15, -0.1) is 0 Å². The van der Waals surface area contributed by atoms with E-state index < -0.39 is 36.3 Å². The van der Waals surface area contributed by atoms with Gasteiger partial charge >= 0.3 is 6.18 Å². The van der Waals surface area contributed by atoms with Crippen molar-refractivity contribution in [2.24, 2.45) is 11.1 Å². The molecule has 0 unspecified atom stereocenters. The van der Waals surface area contributed by atoms with Crippen LogP contribution in [-0.2, 0) is 6.54 Å². The van der Waals surface area contributed by atoms with Crippen molar-refractivity contribution in [3.05, 3.63) is 87.7 Å². The summed E-state index contributed by atoms with van der Waals surface area (Å²) in [7, 11) is 0. The van der Waals surface area contributed by atoms with Crippen molar-refractivity contribution in [1.29, 1.82) is 10.5 Å². The summed E-state index contributed by atoms with van der Waals surface area (Å²) in [4.78, 5) is 17.5. The van der Waals surface area contributed by atoms with Crippen molar-refractivity contribution in [3.63, 3.8) is 0 Å². The molecule has 1 aliphatic carbocycles. The molecule has 0 amide bonds. The van der Waals surface area contributed by atoms with Gasteiger partial charge in [0.05, 0.1) is 40.6 Å². The fraction of sp³-hybridized carbons (Fsp3) is 0.353. The quantitative estimate of drug-likeness (QED) is 0.138. The fourth-order valence-corrected chi connectivity index (χ4v) is 5.43. The number of aromatic nitrogens is 2. The third kappa shape index (κ3) is 6.83. The topological polar surface area (TPSA) is 145 Å². The summed E-state index contributed by atoms with van der Waals surface area (Å²) in [5.74, 6) is 0. The first-order valence-corrected chi connectivity index (χ1v) is 15.0. The predicted octanol–water partition coefficient (Wildman–Crippen LogP) is 6.65. The number of alkyl halides is 5. The van der Waals surface area contributed by atoms with Crippen LogP contribution in [0.3, 0.4) is 0 Å². The van der Waals surface area contributed by atoms with E-state index >= 15 is 0 Å². The minimum atomic E-state index is -4.52. The lowest BCUT2D eigenvalue weighted by atomic mass is 9.96. The Bertz CT molecular complexity index is 2050. The minimum absolute atomic E-state index is 0.0802. The van der Waals surface area contributed by atoms with Crippen LogP contribution in [0.5, 0.6) is 0 Å². The second-order valence-electron chi connectivity index (χ2n) is 13.0. The highest BCUT2D eigenvalue weighted by Crippen LogP contribution is 2.49. The van der Waals surface area contributed by atoms with E-state index in [-0.39, 0.29) is 40.5 Å². The Morgan fingerprint density at radius 3 is 2.40 bits per heavy atom. The van der Waals surface area contributed by atoms with Crippen molar-refractivity contribution in [3.8, 4) is 12.1 Å². The van der Waals surface area contributed by atoms with E-state index in [1.807, 2.05) is 20.8 Å². The third-order valence-electron chi connectivity index (χ3n) is 8.16. The lowest BCUT2D eigenvalue weighted by Crippen LogP contribution is -2.42. The summed E-state index contributed by atoms with van der Waals surface area (Å²) in [6.45, 7) is 5.69. The number of nitrogens with two attached hydrogens (primary N) is 1. The van der Waals surface area contributed by atoms with E-state index in [1.54, 1.807) is 12.1 Å². The molecule has 0 aliphatic heterocycles. The van der Waals surface area contributed by atoms with Crippen molar-refractivity contribution in [2.75, 3.05) is 17.2 Å². The first-order valence-electron chi connectivity index (χ1n) is 15.0. The Labute approximate surface area is 272 Å². The molecule has 5 rings (SSSR count). The average molecular weight is 665 g/mol. The molecule has 0 bridgehead atoms. The number of rotatable bonds is 10. The molecule has 5 N–H and O–H groups in total. The number of benzene rings is 2. The number of nitriles is 2. The van der Waals surface area contributed by atoms with Gasteiger partial charge in [-0.25, -0.2) is 8.78 Å². The van der Waals surface area contributed by atoms with E-state index in [4.69, 9.17) is 5.73 Å². The Morgan fingerprint density at radius 1 is 1.08 bits per heavy atom. The Hall–Kier alpha value is -5.37. The first kappa shape index (κ1) is 34.0. The number of nitrogens with one attached hydrogen (secondary N) is 3. The maximum Gasteiger partial charge on any atom is 0.411 e. The van der Waals surface area contributed by atoms with Gasteiger partial charge in [0.15, 0.2) is 0 Å². The highest BCUT2D eigenvalue weighted by molar-refractivity contribution is 5.99. The van der Waals surface area contributed by atoms with Crippen LogP contribution >= 0.6 is 0 Å². The predicted molar refractivity (Wildman–Crippen MR) is 173 cm³/mol. The van der Waals surface area contributed by atoms with Gasteiger partial charge in [0.1, 0.15) is 17.7 Å². The van der Waals surface area contributed by atoms with Gasteiger partial charge in [-0.1, -0.05) is 32.9 Å². The van der Waals surface area contributed by atoms with E-state index in [2.05, 4.69) is 33.1 Å². The molecular weight excluding hydrogens is 631 g/mol. The number of hydrogen-bond acceptors (Lipinski definition) is 8. The number of halogens is 5. The zero-order valence-corrected chi connectivity index (χ0v) is 26.3. The minimum Gasteiger partial charge on any atom is -0.399 e. The Kier molecular flexibility index (Phi) is 8.97. The summed E-state index contributed by atoms with van der Waals surface area (Å²) >= 11 is 0. The molecule has 2 aromatic carbocycles. The Morgan fingerprint density at radius 2 is 1.79 bits per heavy atom. The van der Waals surface area contributed by atoms with Crippen LogP contribution in [0.1, 0.15) is 56.3 Å². The van der Waals surface area contributed by atoms with Crippen molar-refractivity contribution in [2.45, 2.75) is 64.3 Å². The van der Waals surface area contributed by atoms with Crippen molar-refractivity contribution in [1.82, 2.24) is 14.9 Å². The smallest absolute Gasteiger partial charge is 0.399 e. The second kappa shape index (κ2) is 12.7. The fourth-order valence-electron chi connectivity index (χ4n) is 5.43. The van der Waals surface area contributed by atoms with Gasteiger partial charge in [0.2, 0.25) is 0 Å². The van der Waals surface area contributed by atoms with Gasteiger partial charge in [-0.05, 0) is 53.5 Å². The summed E-state index contributed by atoms with van der Waals surface area (Å²) in [6, 6.07) is 12.4. The van der Waals surface area contributed by atoms with Crippen LogP contribution in [0, 0.1) is 28.1 Å². The molecule has 4 aromatic rings. The average Bonchev–Trinajstić information content (AvgIpc) is 3.83. The van der Waals surface area contributed by atoms with E-state index in [9.17, 15) is 37.3 Å². The van der Waals surface area contributed by atoms with Gasteiger partial charge in [0, 0.05) is 41.6 Å². The van der Waals surface area contributed by atoms with Gasteiger partial charge < -0.3 is 26.3 Å². The monoisotopic (exact) mass is 664 g/mol. The maximum absolute atomic E-state index is 13.8. The van der Waals surface area contributed by atoms with Crippen LogP contribution in [-0.4, -0.2) is 34.2 Å². The summed E-state index contributed by atoms with van der Waals surface area (Å²) in [6.07, 6.45) is -3.88. The van der Waals surface area contributed by atoms with E-state index in [0.29, 0.717) is 39.8 Å². The zero-order valence-electron chi connectivity index (χ0n) is 26.3. The molecule has 0 saturated heterocycles. The molecule has 1 fully saturated rings. The molecule has 250 valence electrons. The summed E-state index contributed by atoms with van der Waals surface area (Å²) < 4.78 is 68.5. The van der Waals surface area contributed by atoms with Crippen molar-refractivity contribution < 1.29 is 22.0 Å². The molecule has 1 saturated carbocycles. The molecular formula is C34H33F5N8O. The largest absolute Gasteiger partial charge is 0.411 e. The molecule has 2 aromatic heterocycles. The van der Waals surface area contributed by atoms with Crippen LogP contribution in [0.25, 0.3) is 21.7 Å².